The Labute approximate surface area is 84.2 Å². The van der Waals surface area contributed by atoms with E-state index in [1.165, 1.54) is 12.8 Å². The number of rotatable bonds is 0. The Kier molecular flexibility index (Phi) is 1.73. The lowest BCUT2D eigenvalue weighted by Gasteiger charge is -2.67. The highest BCUT2D eigenvalue weighted by Crippen LogP contribution is 2.69. The third kappa shape index (κ3) is 0.792. The quantitative estimate of drug-likeness (QED) is 0.555. The molecule has 0 aromatic carbocycles. The molecule has 70 valence electrons. The van der Waals surface area contributed by atoms with Gasteiger partial charge in [-0.05, 0) is 36.0 Å². The van der Waals surface area contributed by atoms with Gasteiger partial charge in [0, 0.05) is 4.32 Å². The molecule has 0 radical (unpaired) electrons. The molecule has 0 N–H and O–H groups in total. The molecule has 0 amide bonds. The van der Waals surface area contributed by atoms with Gasteiger partial charge in [0.25, 0.3) is 0 Å². The summed E-state index contributed by atoms with van der Waals surface area (Å²) in [5, 5.41) is 0. The van der Waals surface area contributed by atoms with Crippen LogP contribution in [0.4, 0.5) is 0 Å². The number of halogens is 1. The van der Waals surface area contributed by atoms with Crippen molar-refractivity contribution in [2.24, 2.45) is 23.2 Å². The van der Waals surface area contributed by atoms with Crippen molar-refractivity contribution >= 4 is 15.9 Å². The van der Waals surface area contributed by atoms with Crippen molar-refractivity contribution < 1.29 is 0 Å². The van der Waals surface area contributed by atoms with Crippen LogP contribution in [0.5, 0.6) is 0 Å². The molecule has 3 saturated carbocycles. The van der Waals surface area contributed by atoms with E-state index in [0.29, 0.717) is 9.74 Å². The molecule has 3 rings (SSSR count). The highest BCUT2D eigenvalue weighted by Gasteiger charge is 2.64. The zero-order valence-electron chi connectivity index (χ0n) is 8.52. The minimum Gasteiger partial charge on any atom is -0.0844 e. The predicted octanol–water partition coefficient (Wildman–Crippen LogP) is 3.84. The Bertz CT molecular complexity index is 207. The minimum atomic E-state index is 0.461. The van der Waals surface area contributed by atoms with E-state index in [-0.39, 0.29) is 0 Å². The van der Waals surface area contributed by atoms with E-state index in [1.54, 1.807) is 0 Å². The fourth-order valence-corrected chi connectivity index (χ4v) is 4.51. The Morgan fingerprint density at radius 1 is 1.25 bits per heavy atom. The van der Waals surface area contributed by atoms with Crippen LogP contribution in [-0.4, -0.2) is 4.32 Å². The molecule has 3 fully saturated rings. The fourth-order valence-electron chi connectivity index (χ4n) is 3.34. The molecule has 0 spiro atoms. The Morgan fingerprint density at radius 2 is 1.83 bits per heavy atom. The molecule has 0 nitrogen and oxygen atoms in total. The van der Waals surface area contributed by atoms with E-state index in [9.17, 15) is 0 Å². The maximum atomic E-state index is 3.99. The van der Waals surface area contributed by atoms with Crippen molar-refractivity contribution in [1.29, 1.82) is 0 Å². The van der Waals surface area contributed by atoms with Crippen molar-refractivity contribution in [2.45, 2.75) is 44.9 Å². The van der Waals surface area contributed by atoms with Crippen LogP contribution in [0.1, 0.15) is 40.5 Å². The topological polar surface area (TPSA) is 0 Å². The molecule has 12 heavy (non-hydrogen) atoms. The van der Waals surface area contributed by atoms with Gasteiger partial charge in [-0.3, -0.25) is 0 Å². The van der Waals surface area contributed by atoms with Gasteiger partial charge in [0.1, 0.15) is 0 Å². The summed E-state index contributed by atoms with van der Waals surface area (Å²) < 4.78 is 0.461. The van der Waals surface area contributed by atoms with Crippen LogP contribution in [-0.2, 0) is 0 Å². The maximum Gasteiger partial charge on any atom is 0.0342 e. The highest BCUT2D eigenvalue weighted by atomic mass is 79.9. The van der Waals surface area contributed by atoms with Gasteiger partial charge in [0.2, 0.25) is 0 Å². The van der Waals surface area contributed by atoms with Crippen molar-refractivity contribution in [3.63, 3.8) is 0 Å². The Hall–Kier alpha value is 0.480. The van der Waals surface area contributed by atoms with Crippen LogP contribution in [0.15, 0.2) is 0 Å². The number of alkyl halides is 1. The highest BCUT2D eigenvalue weighted by molar-refractivity contribution is 9.10. The van der Waals surface area contributed by atoms with Crippen molar-refractivity contribution in [2.75, 3.05) is 0 Å². The third-order valence-corrected chi connectivity index (χ3v) is 6.93. The number of hydrogen-bond acceptors (Lipinski definition) is 0. The van der Waals surface area contributed by atoms with Crippen molar-refractivity contribution in [1.82, 2.24) is 0 Å². The smallest absolute Gasteiger partial charge is 0.0342 e. The third-order valence-electron chi connectivity index (χ3n) is 4.87. The van der Waals surface area contributed by atoms with E-state index in [0.717, 1.165) is 17.8 Å². The van der Waals surface area contributed by atoms with E-state index in [1.807, 2.05) is 0 Å². The molecular formula is C11H19Br. The van der Waals surface area contributed by atoms with E-state index in [4.69, 9.17) is 0 Å². The van der Waals surface area contributed by atoms with Crippen LogP contribution in [0.3, 0.4) is 0 Å². The summed E-state index contributed by atoms with van der Waals surface area (Å²) >= 11 is 3.99. The van der Waals surface area contributed by atoms with Crippen LogP contribution >= 0.6 is 15.9 Å². The molecule has 4 unspecified atom stereocenters. The van der Waals surface area contributed by atoms with Gasteiger partial charge in [-0.1, -0.05) is 43.6 Å². The van der Waals surface area contributed by atoms with Crippen molar-refractivity contribution in [3.8, 4) is 0 Å². The lowest BCUT2D eigenvalue weighted by atomic mass is 9.43. The van der Waals surface area contributed by atoms with Gasteiger partial charge >= 0.3 is 0 Å². The first-order valence-corrected chi connectivity index (χ1v) is 5.88. The molecule has 0 aliphatic heterocycles. The van der Waals surface area contributed by atoms with Gasteiger partial charge in [-0.2, -0.15) is 0 Å². The molecule has 2 bridgehead atoms. The number of hydrogen-bond donors (Lipinski definition) is 0. The average molecular weight is 231 g/mol. The second kappa shape index (κ2) is 2.29. The normalized spacial score (nSPS) is 56.2. The molecule has 1 heteroatoms. The van der Waals surface area contributed by atoms with Gasteiger partial charge in [0.05, 0.1) is 0 Å². The van der Waals surface area contributed by atoms with Gasteiger partial charge in [-0.25, -0.2) is 0 Å². The summed E-state index contributed by atoms with van der Waals surface area (Å²) in [6.45, 7) is 9.68. The second-order valence-electron chi connectivity index (χ2n) is 5.49. The van der Waals surface area contributed by atoms with E-state index in [2.05, 4.69) is 43.6 Å². The van der Waals surface area contributed by atoms with Gasteiger partial charge in [0.15, 0.2) is 0 Å². The summed E-state index contributed by atoms with van der Waals surface area (Å²) in [4.78, 5) is 0. The fraction of sp³-hybridized carbons (Fsp3) is 1.00. The lowest BCUT2D eigenvalue weighted by molar-refractivity contribution is -0.0909. The molecule has 4 atom stereocenters. The summed E-state index contributed by atoms with van der Waals surface area (Å²) in [5.74, 6) is 2.73. The Morgan fingerprint density at radius 3 is 2.25 bits per heavy atom. The van der Waals surface area contributed by atoms with Crippen LogP contribution < -0.4 is 0 Å². The summed E-state index contributed by atoms with van der Waals surface area (Å²) in [7, 11) is 0. The van der Waals surface area contributed by atoms with Gasteiger partial charge < -0.3 is 0 Å². The predicted molar refractivity (Wildman–Crippen MR) is 56.5 cm³/mol. The molecule has 3 aliphatic carbocycles. The minimum absolute atomic E-state index is 0.461. The van der Waals surface area contributed by atoms with Crippen LogP contribution in [0, 0.1) is 23.2 Å². The summed E-state index contributed by atoms with van der Waals surface area (Å²) in [6, 6.07) is 0. The number of fused-ring (bicyclic) bond motifs is 2. The average Bonchev–Trinajstić information content (AvgIpc) is 1.99. The zero-order valence-corrected chi connectivity index (χ0v) is 10.1. The first kappa shape index (κ1) is 9.05. The molecule has 0 aromatic rings. The maximum absolute atomic E-state index is 3.99. The lowest BCUT2D eigenvalue weighted by Crippen LogP contribution is -2.65. The first-order valence-electron chi connectivity index (χ1n) is 5.08. The zero-order chi connectivity index (χ0) is 9.15. The van der Waals surface area contributed by atoms with Crippen LogP contribution in [0.25, 0.3) is 0 Å². The molecule has 0 saturated heterocycles. The summed E-state index contributed by atoms with van der Waals surface area (Å²) in [6.07, 6.45) is 2.85. The van der Waals surface area contributed by atoms with Gasteiger partial charge in [-0.15, -0.1) is 0 Å². The summed E-state index contributed by atoms with van der Waals surface area (Å²) in [5.41, 5.74) is 0.541. The second-order valence-corrected chi connectivity index (χ2v) is 6.90. The van der Waals surface area contributed by atoms with Crippen LogP contribution in [0.2, 0.25) is 0 Å². The first-order chi connectivity index (χ1) is 5.39. The monoisotopic (exact) mass is 230 g/mol. The largest absolute Gasteiger partial charge is 0.0844 e. The molecule has 0 heterocycles. The molecule has 3 aliphatic rings. The SMILES string of the molecule is CC1CC2CC(Br)(C1C)C2(C)C. The Balaban J connectivity index is 2.30. The van der Waals surface area contributed by atoms with E-state index >= 15 is 0 Å². The van der Waals surface area contributed by atoms with E-state index < -0.39 is 0 Å². The van der Waals surface area contributed by atoms with Crippen molar-refractivity contribution in [3.05, 3.63) is 0 Å². The molecular weight excluding hydrogens is 212 g/mol. The molecule has 0 aromatic heterocycles. The standard InChI is InChI=1S/C11H19Br/c1-7-5-9-6-11(12,8(7)2)10(9,3)4/h7-9H,5-6H2,1-4H3.